The zero-order valence-corrected chi connectivity index (χ0v) is 30.2. The van der Waals surface area contributed by atoms with Crippen molar-refractivity contribution in [2.24, 2.45) is 52.3 Å². The summed E-state index contributed by atoms with van der Waals surface area (Å²) in [5.74, 6) is 3.65. The minimum Gasteiger partial charge on any atom is -0.394 e. The van der Waals surface area contributed by atoms with Crippen molar-refractivity contribution in [2.45, 2.75) is 165 Å². The van der Waals surface area contributed by atoms with Crippen LogP contribution >= 0.6 is 0 Å². The molecular formula is C38H62O12. The topological polar surface area (TPSA) is 177 Å². The zero-order chi connectivity index (χ0) is 35.3. The Bertz CT molecular complexity index is 1210. The van der Waals surface area contributed by atoms with Gasteiger partial charge in [-0.1, -0.05) is 27.7 Å². The van der Waals surface area contributed by atoms with Gasteiger partial charge in [0.25, 0.3) is 0 Å². The Kier molecular flexibility index (Phi) is 9.76. The second-order valence-electron chi connectivity index (χ2n) is 18.3. The lowest BCUT2D eigenvalue weighted by Gasteiger charge is -2.61. The van der Waals surface area contributed by atoms with Crippen molar-refractivity contribution in [3.8, 4) is 0 Å². The fraction of sp³-hybridized carbons (Fsp3) is 1.00. The van der Waals surface area contributed by atoms with E-state index < -0.39 is 61.9 Å². The Hall–Kier alpha value is -0.480. The van der Waals surface area contributed by atoms with Gasteiger partial charge >= 0.3 is 0 Å². The van der Waals surface area contributed by atoms with E-state index in [1.54, 1.807) is 0 Å². The quantitative estimate of drug-likeness (QED) is 0.230. The minimum atomic E-state index is -1.58. The van der Waals surface area contributed by atoms with Gasteiger partial charge in [-0.2, -0.15) is 0 Å². The van der Waals surface area contributed by atoms with Gasteiger partial charge < -0.3 is 59.1 Å². The van der Waals surface area contributed by atoms with Gasteiger partial charge in [0.05, 0.1) is 32.0 Å². The van der Waals surface area contributed by atoms with Crippen LogP contribution in [0, 0.1) is 52.3 Å². The van der Waals surface area contributed by atoms with Crippen LogP contribution in [0.25, 0.3) is 0 Å². The molecule has 12 nitrogen and oxygen atoms in total. The van der Waals surface area contributed by atoms with E-state index in [0.717, 1.165) is 45.1 Å². The van der Waals surface area contributed by atoms with Gasteiger partial charge in [-0.25, -0.2) is 0 Å². The monoisotopic (exact) mass is 710 g/mol. The highest BCUT2D eigenvalue weighted by Gasteiger charge is 2.69. The highest BCUT2D eigenvalue weighted by molar-refractivity contribution is 5.15. The van der Waals surface area contributed by atoms with Crippen LogP contribution in [-0.2, 0) is 28.4 Å². The molecule has 8 rings (SSSR count). The molecule has 4 aliphatic heterocycles. The van der Waals surface area contributed by atoms with Gasteiger partial charge in [0, 0.05) is 12.3 Å². The Morgan fingerprint density at radius 1 is 0.740 bits per heavy atom. The summed E-state index contributed by atoms with van der Waals surface area (Å²) in [5, 5.41) is 62.2. The molecule has 0 amide bonds. The van der Waals surface area contributed by atoms with E-state index in [4.69, 9.17) is 28.4 Å². The predicted molar refractivity (Wildman–Crippen MR) is 177 cm³/mol. The minimum absolute atomic E-state index is 0.185. The van der Waals surface area contributed by atoms with Crippen LogP contribution in [0.15, 0.2) is 0 Å². The van der Waals surface area contributed by atoms with Crippen LogP contribution < -0.4 is 0 Å². The second kappa shape index (κ2) is 13.4. The number of rotatable bonds is 5. The SMILES string of the molecule is CC1CCC2(OC1)OC1CC3C4CCC5CC(O[C@@H]6O[C@H](CO)[C@@H](O)[C@H](O)[C@H]6O[C@@H]6OC[C@@H](O)[C@H](O)[C@H]6O)CCC5(C)C4CCC3(C)C1C2C. The lowest BCUT2D eigenvalue weighted by Crippen LogP contribution is -2.63. The maximum atomic E-state index is 11.1. The zero-order valence-electron chi connectivity index (χ0n) is 30.2. The van der Waals surface area contributed by atoms with E-state index in [-0.39, 0.29) is 35.4 Å². The summed E-state index contributed by atoms with van der Waals surface area (Å²) in [7, 11) is 0. The van der Waals surface area contributed by atoms with Crippen LogP contribution in [-0.4, -0.2) is 124 Å². The van der Waals surface area contributed by atoms with Crippen LogP contribution in [0.4, 0.5) is 0 Å². The summed E-state index contributed by atoms with van der Waals surface area (Å²) < 4.78 is 37.4. The van der Waals surface area contributed by atoms with Crippen LogP contribution in [0.3, 0.4) is 0 Å². The van der Waals surface area contributed by atoms with E-state index in [1.165, 1.54) is 25.7 Å². The second-order valence-corrected chi connectivity index (χ2v) is 18.3. The molecule has 4 aliphatic carbocycles. The molecule has 0 aromatic heterocycles. The molecule has 12 heteroatoms. The van der Waals surface area contributed by atoms with E-state index in [2.05, 4.69) is 27.7 Å². The van der Waals surface area contributed by atoms with E-state index in [9.17, 15) is 30.6 Å². The number of aliphatic hydroxyl groups excluding tert-OH is 6. The molecule has 8 aliphatic rings. The van der Waals surface area contributed by atoms with Crippen LogP contribution in [0.1, 0.15) is 91.9 Å². The normalized spacial score (nSPS) is 59.4. The third-order valence-corrected chi connectivity index (χ3v) is 15.8. The average molecular weight is 711 g/mol. The molecule has 0 aromatic rings. The molecule has 21 atom stereocenters. The number of hydrogen-bond donors (Lipinski definition) is 6. The van der Waals surface area contributed by atoms with Crippen molar-refractivity contribution in [1.82, 2.24) is 0 Å². The summed E-state index contributed by atoms with van der Waals surface area (Å²) in [6, 6.07) is 0. The van der Waals surface area contributed by atoms with Gasteiger partial charge in [-0.15, -0.1) is 0 Å². The van der Waals surface area contributed by atoms with Crippen molar-refractivity contribution in [3.63, 3.8) is 0 Å². The molecule has 0 radical (unpaired) electrons. The largest absolute Gasteiger partial charge is 0.394 e. The van der Waals surface area contributed by atoms with Gasteiger partial charge in [-0.05, 0) is 104 Å². The molecule has 1 spiro atoms. The predicted octanol–water partition coefficient (Wildman–Crippen LogP) is 2.08. The fourth-order valence-corrected chi connectivity index (χ4v) is 12.9. The first-order chi connectivity index (χ1) is 23.8. The van der Waals surface area contributed by atoms with Gasteiger partial charge in [0.1, 0.15) is 42.7 Å². The summed E-state index contributed by atoms with van der Waals surface area (Å²) in [4.78, 5) is 0. The summed E-state index contributed by atoms with van der Waals surface area (Å²) in [5.41, 5.74) is 0.470. The average Bonchev–Trinajstić information content (AvgIpc) is 3.54. The molecule has 4 saturated carbocycles. The Labute approximate surface area is 296 Å². The molecule has 0 bridgehead atoms. The van der Waals surface area contributed by atoms with E-state index in [1.807, 2.05) is 0 Å². The Morgan fingerprint density at radius 3 is 2.26 bits per heavy atom. The third kappa shape index (κ3) is 5.68. The molecule has 6 N–H and O–H groups in total. The van der Waals surface area contributed by atoms with Crippen molar-refractivity contribution in [2.75, 3.05) is 19.8 Å². The highest BCUT2D eigenvalue weighted by atomic mass is 16.8. The molecule has 50 heavy (non-hydrogen) atoms. The standard InChI is InChI=1S/C38H62O12/c1-18-7-12-38(46-16-18)19(2)28-26(50-38)14-24-22-6-5-20-13-21(8-10-36(20,3)23(22)9-11-37(24,28)4)47-35-33(31(43)30(42)27(15-39)48-35)49-34-32(44)29(41)25(40)17-45-34/h18-35,39-44H,5-17H2,1-4H3/t18?,19?,20?,21?,22?,23?,24?,25-,26?,27-,28?,29+,30-,31+,32-,33-,34+,35-,36?,37?,38?/m1/s1. The van der Waals surface area contributed by atoms with Gasteiger partial charge in [0.15, 0.2) is 18.4 Å². The molecule has 8 fully saturated rings. The molecule has 4 heterocycles. The molecule has 4 saturated heterocycles. The molecule has 286 valence electrons. The van der Waals surface area contributed by atoms with E-state index >= 15 is 0 Å². The lowest BCUT2D eigenvalue weighted by molar-refractivity contribution is -0.364. The first-order valence-electron chi connectivity index (χ1n) is 19.7. The maximum absolute atomic E-state index is 11.1. The summed E-state index contributed by atoms with van der Waals surface area (Å²) >= 11 is 0. The van der Waals surface area contributed by atoms with Crippen molar-refractivity contribution in [3.05, 3.63) is 0 Å². The van der Waals surface area contributed by atoms with E-state index in [0.29, 0.717) is 41.4 Å². The molecule has 0 aromatic carbocycles. The van der Waals surface area contributed by atoms with Crippen molar-refractivity contribution >= 4 is 0 Å². The van der Waals surface area contributed by atoms with Crippen molar-refractivity contribution in [1.29, 1.82) is 0 Å². The molecule has 12 unspecified atom stereocenters. The third-order valence-electron chi connectivity index (χ3n) is 15.8. The first kappa shape index (κ1) is 36.5. The Balaban J connectivity index is 0.939. The van der Waals surface area contributed by atoms with Crippen LogP contribution in [0.2, 0.25) is 0 Å². The maximum Gasteiger partial charge on any atom is 0.187 e. The van der Waals surface area contributed by atoms with Gasteiger partial charge in [-0.3, -0.25) is 0 Å². The number of ether oxygens (including phenoxy) is 6. The number of fused-ring (bicyclic) bond motifs is 7. The van der Waals surface area contributed by atoms with Gasteiger partial charge in [0.2, 0.25) is 0 Å². The smallest absolute Gasteiger partial charge is 0.187 e. The summed E-state index contributed by atoms with van der Waals surface area (Å²) in [6.45, 7) is 9.79. The molecular weight excluding hydrogens is 648 g/mol. The highest BCUT2D eigenvalue weighted by Crippen LogP contribution is 2.71. The van der Waals surface area contributed by atoms with Crippen molar-refractivity contribution < 1.29 is 59.1 Å². The number of aliphatic hydroxyl groups is 6. The lowest BCUT2D eigenvalue weighted by atomic mass is 9.44. The Morgan fingerprint density at radius 2 is 1.52 bits per heavy atom. The summed E-state index contributed by atoms with van der Waals surface area (Å²) in [6.07, 6.45) is -1.27. The first-order valence-corrected chi connectivity index (χ1v) is 19.7. The fourth-order valence-electron chi connectivity index (χ4n) is 12.9. The number of hydrogen-bond acceptors (Lipinski definition) is 12. The van der Waals surface area contributed by atoms with Crippen LogP contribution in [0.5, 0.6) is 0 Å².